The van der Waals surface area contributed by atoms with Crippen LogP contribution in [0.25, 0.3) is 0 Å². The highest BCUT2D eigenvalue weighted by Crippen LogP contribution is 2.12. The summed E-state index contributed by atoms with van der Waals surface area (Å²) < 4.78 is 0. The number of aryl methyl sites for hydroxylation is 1. The van der Waals surface area contributed by atoms with Gasteiger partial charge < -0.3 is 10.6 Å². The summed E-state index contributed by atoms with van der Waals surface area (Å²) in [5, 5.41) is 6.26. The van der Waals surface area contributed by atoms with Gasteiger partial charge >= 0.3 is 0 Å². The minimum Gasteiger partial charge on any atom is -0.322 e. The summed E-state index contributed by atoms with van der Waals surface area (Å²) in [7, 11) is 0. The number of benzene rings is 1. The standard InChI is InChI=1S/C17H21N3O/c1-3-7-18-11-14-5-4-6-16(9-14)20-17(21)15-8-13(2)10-19-12-15/h4-6,8-10,12,18H,3,7,11H2,1-2H3,(H,20,21). The number of hydrogen-bond donors (Lipinski definition) is 2. The van der Waals surface area contributed by atoms with Crippen molar-refractivity contribution < 1.29 is 4.79 Å². The minimum absolute atomic E-state index is 0.134. The topological polar surface area (TPSA) is 54.0 Å². The van der Waals surface area contributed by atoms with Crippen LogP contribution in [0.2, 0.25) is 0 Å². The predicted octanol–water partition coefficient (Wildman–Crippen LogP) is 3.14. The van der Waals surface area contributed by atoms with Gasteiger partial charge in [-0.05, 0) is 49.2 Å². The molecule has 0 bridgehead atoms. The van der Waals surface area contributed by atoms with Crippen molar-refractivity contribution >= 4 is 11.6 Å². The molecule has 2 rings (SSSR count). The van der Waals surface area contributed by atoms with Gasteiger partial charge in [-0.2, -0.15) is 0 Å². The molecule has 0 fully saturated rings. The zero-order valence-corrected chi connectivity index (χ0v) is 12.5. The fraction of sp³-hybridized carbons (Fsp3) is 0.294. The number of anilines is 1. The predicted molar refractivity (Wildman–Crippen MR) is 85.4 cm³/mol. The molecule has 0 aliphatic carbocycles. The molecule has 0 unspecified atom stereocenters. The van der Waals surface area contributed by atoms with Crippen LogP contribution in [0.1, 0.15) is 34.8 Å². The zero-order valence-electron chi connectivity index (χ0n) is 12.5. The summed E-state index contributed by atoms with van der Waals surface area (Å²) in [6.45, 7) is 5.86. The van der Waals surface area contributed by atoms with Crippen LogP contribution < -0.4 is 10.6 Å². The van der Waals surface area contributed by atoms with Crippen molar-refractivity contribution in [2.45, 2.75) is 26.8 Å². The number of nitrogens with zero attached hydrogens (tertiary/aromatic N) is 1. The van der Waals surface area contributed by atoms with Crippen LogP contribution in [0, 0.1) is 6.92 Å². The van der Waals surface area contributed by atoms with Crippen LogP contribution in [-0.2, 0) is 6.54 Å². The first-order chi connectivity index (χ1) is 10.2. The van der Waals surface area contributed by atoms with E-state index in [2.05, 4.69) is 22.5 Å². The second kappa shape index (κ2) is 7.55. The summed E-state index contributed by atoms with van der Waals surface area (Å²) in [5.74, 6) is -0.134. The Balaban J connectivity index is 2.02. The Bertz CT molecular complexity index is 610. The normalized spacial score (nSPS) is 10.4. The maximum Gasteiger partial charge on any atom is 0.257 e. The average molecular weight is 283 g/mol. The Hall–Kier alpha value is -2.20. The molecule has 110 valence electrons. The monoisotopic (exact) mass is 283 g/mol. The van der Waals surface area contributed by atoms with Gasteiger partial charge in [0, 0.05) is 24.6 Å². The summed E-state index contributed by atoms with van der Waals surface area (Å²) in [6.07, 6.45) is 4.42. The molecule has 4 heteroatoms. The third kappa shape index (κ3) is 4.68. The molecule has 0 saturated carbocycles. The Kier molecular flexibility index (Phi) is 5.46. The van der Waals surface area contributed by atoms with Crippen molar-refractivity contribution in [2.75, 3.05) is 11.9 Å². The maximum absolute atomic E-state index is 12.2. The van der Waals surface area contributed by atoms with Crippen molar-refractivity contribution in [1.29, 1.82) is 0 Å². The number of carbonyl (C=O) groups is 1. The quantitative estimate of drug-likeness (QED) is 0.801. The van der Waals surface area contributed by atoms with E-state index in [1.54, 1.807) is 12.4 Å². The van der Waals surface area contributed by atoms with E-state index in [4.69, 9.17) is 0 Å². The van der Waals surface area contributed by atoms with Crippen molar-refractivity contribution in [3.8, 4) is 0 Å². The molecule has 0 aliphatic heterocycles. The summed E-state index contributed by atoms with van der Waals surface area (Å²) in [5.41, 5.74) is 3.51. The number of aromatic nitrogens is 1. The second-order valence-corrected chi connectivity index (χ2v) is 5.08. The molecule has 21 heavy (non-hydrogen) atoms. The average Bonchev–Trinajstić information content (AvgIpc) is 2.48. The molecule has 2 aromatic rings. The number of nitrogens with one attached hydrogen (secondary N) is 2. The summed E-state index contributed by atoms with van der Waals surface area (Å²) in [4.78, 5) is 16.2. The third-order valence-electron chi connectivity index (χ3n) is 3.08. The summed E-state index contributed by atoms with van der Waals surface area (Å²) >= 11 is 0. The van der Waals surface area contributed by atoms with Gasteiger partial charge in [-0.3, -0.25) is 9.78 Å². The lowest BCUT2D eigenvalue weighted by molar-refractivity contribution is 0.102. The Morgan fingerprint density at radius 1 is 1.24 bits per heavy atom. The Morgan fingerprint density at radius 2 is 2.10 bits per heavy atom. The van der Waals surface area contributed by atoms with Gasteiger partial charge in [-0.1, -0.05) is 19.1 Å². The molecule has 1 aromatic carbocycles. The number of hydrogen-bond acceptors (Lipinski definition) is 3. The van der Waals surface area contributed by atoms with E-state index in [0.717, 1.165) is 36.3 Å². The van der Waals surface area contributed by atoms with Crippen molar-refractivity contribution in [2.24, 2.45) is 0 Å². The molecule has 1 aromatic heterocycles. The second-order valence-electron chi connectivity index (χ2n) is 5.08. The molecular weight excluding hydrogens is 262 g/mol. The highest BCUT2D eigenvalue weighted by atomic mass is 16.1. The van der Waals surface area contributed by atoms with E-state index >= 15 is 0 Å². The third-order valence-corrected chi connectivity index (χ3v) is 3.08. The lowest BCUT2D eigenvalue weighted by Gasteiger charge is -2.08. The first-order valence-electron chi connectivity index (χ1n) is 7.21. The van der Waals surface area contributed by atoms with Gasteiger partial charge in [0.2, 0.25) is 0 Å². The molecule has 0 radical (unpaired) electrons. The molecule has 4 nitrogen and oxygen atoms in total. The van der Waals surface area contributed by atoms with E-state index in [1.807, 2.05) is 37.3 Å². The van der Waals surface area contributed by atoms with Gasteiger partial charge in [-0.25, -0.2) is 0 Å². The van der Waals surface area contributed by atoms with Crippen molar-refractivity contribution in [1.82, 2.24) is 10.3 Å². The number of carbonyl (C=O) groups excluding carboxylic acids is 1. The van der Waals surface area contributed by atoms with E-state index in [0.29, 0.717) is 5.56 Å². The number of pyridine rings is 1. The van der Waals surface area contributed by atoms with Crippen LogP contribution in [0.15, 0.2) is 42.7 Å². The van der Waals surface area contributed by atoms with E-state index < -0.39 is 0 Å². The van der Waals surface area contributed by atoms with Crippen LogP contribution in [-0.4, -0.2) is 17.4 Å². The van der Waals surface area contributed by atoms with Crippen LogP contribution in [0.4, 0.5) is 5.69 Å². The molecule has 1 heterocycles. The maximum atomic E-state index is 12.2. The Labute approximate surface area is 125 Å². The van der Waals surface area contributed by atoms with E-state index in [-0.39, 0.29) is 5.91 Å². The fourth-order valence-electron chi connectivity index (χ4n) is 2.05. The molecule has 2 N–H and O–H groups in total. The largest absolute Gasteiger partial charge is 0.322 e. The highest BCUT2D eigenvalue weighted by molar-refractivity contribution is 6.04. The van der Waals surface area contributed by atoms with Crippen molar-refractivity contribution in [3.63, 3.8) is 0 Å². The lowest BCUT2D eigenvalue weighted by atomic mass is 10.1. The van der Waals surface area contributed by atoms with Gasteiger partial charge in [0.15, 0.2) is 0 Å². The molecule has 0 aliphatic rings. The first kappa shape index (κ1) is 15.2. The van der Waals surface area contributed by atoms with Crippen LogP contribution in [0.3, 0.4) is 0 Å². The SMILES string of the molecule is CCCNCc1cccc(NC(=O)c2cncc(C)c2)c1. The van der Waals surface area contributed by atoms with Crippen LogP contribution in [0.5, 0.6) is 0 Å². The van der Waals surface area contributed by atoms with Gasteiger partial charge in [-0.15, -0.1) is 0 Å². The van der Waals surface area contributed by atoms with Gasteiger partial charge in [0.05, 0.1) is 5.56 Å². The lowest BCUT2D eigenvalue weighted by Crippen LogP contribution is -2.15. The van der Waals surface area contributed by atoms with Crippen LogP contribution >= 0.6 is 0 Å². The molecule has 0 saturated heterocycles. The minimum atomic E-state index is -0.134. The van der Waals surface area contributed by atoms with E-state index in [9.17, 15) is 4.79 Å². The number of amides is 1. The summed E-state index contributed by atoms with van der Waals surface area (Å²) in [6, 6.07) is 9.71. The smallest absolute Gasteiger partial charge is 0.257 e. The Morgan fingerprint density at radius 3 is 2.86 bits per heavy atom. The first-order valence-corrected chi connectivity index (χ1v) is 7.21. The van der Waals surface area contributed by atoms with E-state index in [1.165, 1.54) is 0 Å². The molecule has 0 spiro atoms. The van der Waals surface area contributed by atoms with Gasteiger partial charge in [0.25, 0.3) is 5.91 Å². The van der Waals surface area contributed by atoms with Gasteiger partial charge in [0.1, 0.15) is 0 Å². The fourth-order valence-corrected chi connectivity index (χ4v) is 2.05. The molecule has 1 amide bonds. The van der Waals surface area contributed by atoms with Crippen molar-refractivity contribution in [3.05, 3.63) is 59.4 Å². The molecule has 0 atom stereocenters. The highest BCUT2D eigenvalue weighted by Gasteiger charge is 2.07. The number of rotatable bonds is 6. The zero-order chi connectivity index (χ0) is 15.1. The molecular formula is C17H21N3O.